The molecular weight excluding hydrogens is 356 g/mol. The number of carbonyl (C=O) groups excluding carboxylic acids is 1. The summed E-state index contributed by atoms with van der Waals surface area (Å²) in [5, 5.41) is 9.07. The highest BCUT2D eigenvalue weighted by Crippen LogP contribution is 2.29. The van der Waals surface area contributed by atoms with Crippen LogP contribution >= 0.6 is 11.6 Å². The lowest BCUT2D eigenvalue weighted by atomic mass is 10.0. The van der Waals surface area contributed by atoms with E-state index in [1.165, 1.54) is 0 Å². The highest BCUT2D eigenvalue weighted by molar-refractivity contribution is 6.21. The Morgan fingerprint density at radius 2 is 1.69 bits per heavy atom. The first-order valence-corrected chi connectivity index (χ1v) is 8.89. The van der Waals surface area contributed by atoms with Crippen LogP contribution in [0.1, 0.15) is 22.8 Å². The van der Waals surface area contributed by atoms with Crippen LogP contribution in [0.15, 0.2) is 60.7 Å². The van der Waals surface area contributed by atoms with Gasteiger partial charge in [0.1, 0.15) is 11.5 Å². The predicted molar refractivity (Wildman–Crippen MR) is 96.9 cm³/mol. The molecule has 0 spiro atoms. The maximum atomic E-state index is 12.4. The molecule has 0 radical (unpaired) electrons. The third-order valence-corrected chi connectivity index (χ3v) is 4.73. The number of halogens is 1. The molecule has 1 heterocycles. The van der Waals surface area contributed by atoms with E-state index in [-0.39, 0.29) is 0 Å². The number of benzene rings is 2. The average molecular weight is 377 g/mol. The molecule has 1 aliphatic heterocycles. The molecule has 6 heteroatoms. The minimum absolute atomic E-state index is 0.318. The molecular formula is C20H21ClO5. The van der Waals surface area contributed by atoms with Crippen molar-refractivity contribution >= 4 is 17.6 Å². The molecule has 0 unspecified atom stereocenters. The molecule has 1 fully saturated rings. The van der Waals surface area contributed by atoms with Crippen LogP contribution in [0.5, 0.6) is 0 Å². The first-order chi connectivity index (χ1) is 12.6. The minimum atomic E-state index is -1.24. The van der Waals surface area contributed by atoms with Crippen LogP contribution in [-0.4, -0.2) is 41.1 Å². The molecule has 0 aromatic heterocycles. The Labute approximate surface area is 157 Å². The lowest BCUT2D eigenvalue weighted by Gasteiger charge is -2.41. The highest BCUT2D eigenvalue weighted by atomic mass is 35.5. The van der Waals surface area contributed by atoms with E-state index in [2.05, 4.69) is 0 Å². The van der Waals surface area contributed by atoms with Gasteiger partial charge >= 0.3 is 5.97 Å². The summed E-state index contributed by atoms with van der Waals surface area (Å²) in [6.45, 7) is 2.07. The van der Waals surface area contributed by atoms with Gasteiger partial charge in [-0.25, -0.2) is 4.79 Å². The van der Waals surface area contributed by atoms with Gasteiger partial charge in [0.15, 0.2) is 12.4 Å². The van der Waals surface area contributed by atoms with Crippen molar-refractivity contribution in [2.24, 2.45) is 0 Å². The average Bonchev–Trinajstić information content (AvgIpc) is 2.67. The number of hydrogen-bond acceptors (Lipinski definition) is 5. The fourth-order valence-corrected chi connectivity index (χ4v) is 3.13. The molecule has 2 aromatic carbocycles. The molecule has 26 heavy (non-hydrogen) atoms. The van der Waals surface area contributed by atoms with Gasteiger partial charge in [-0.1, -0.05) is 48.5 Å². The molecule has 3 rings (SSSR count). The molecule has 5 nitrogen and oxygen atoms in total. The lowest BCUT2D eigenvalue weighted by Crippen LogP contribution is -2.57. The van der Waals surface area contributed by atoms with Crippen LogP contribution in [0.4, 0.5) is 0 Å². The third kappa shape index (κ3) is 4.43. The molecule has 5 atom stereocenters. The van der Waals surface area contributed by atoms with Crippen molar-refractivity contribution in [3.8, 4) is 0 Å². The SMILES string of the molecule is C[C@@H]1O[C@@H](O)[C@H](Cl)[C@H](OC(=O)c2ccccc2)[C@H]1OCc1ccccc1. The van der Waals surface area contributed by atoms with Crippen LogP contribution in [0.2, 0.25) is 0 Å². The van der Waals surface area contributed by atoms with Crippen molar-refractivity contribution in [1.82, 2.24) is 0 Å². The van der Waals surface area contributed by atoms with Crippen molar-refractivity contribution in [3.63, 3.8) is 0 Å². The summed E-state index contributed by atoms with van der Waals surface area (Å²) in [6.07, 6.45) is -3.17. The number of alkyl halides is 1. The summed E-state index contributed by atoms with van der Waals surface area (Å²) in [5.41, 5.74) is 1.39. The van der Waals surface area contributed by atoms with Crippen LogP contribution in [-0.2, 0) is 20.8 Å². The van der Waals surface area contributed by atoms with Crippen molar-refractivity contribution in [3.05, 3.63) is 71.8 Å². The Kier molecular flexibility index (Phi) is 6.27. The maximum absolute atomic E-state index is 12.4. The standard InChI is InChI=1S/C20H21ClO5/c1-13-17(24-12-14-8-4-2-5-9-14)18(16(21)20(23)25-13)26-19(22)15-10-6-3-7-11-15/h2-11,13,16-18,20,23H,12H2,1H3/t13-,16+,17-,18-,20+/m0/s1. The second kappa shape index (κ2) is 8.64. The number of aliphatic hydroxyl groups excluding tert-OH is 1. The Hall–Kier alpha value is -1.92. The maximum Gasteiger partial charge on any atom is 0.338 e. The molecule has 0 saturated carbocycles. The highest BCUT2D eigenvalue weighted by Gasteiger charge is 2.46. The molecule has 1 saturated heterocycles. The quantitative estimate of drug-likeness (QED) is 0.641. The van der Waals surface area contributed by atoms with Crippen LogP contribution in [0, 0.1) is 0 Å². The van der Waals surface area contributed by atoms with Gasteiger partial charge in [0, 0.05) is 0 Å². The Balaban J connectivity index is 1.74. The van der Waals surface area contributed by atoms with Gasteiger partial charge in [-0.2, -0.15) is 0 Å². The van der Waals surface area contributed by atoms with Crippen molar-refractivity contribution < 1.29 is 24.1 Å². The smallest absolute Gasteiger partial charge is 0.338 e. The van der Waals surface area contributed by atoms with Crippen LogP contribution in [0.25, 0.3) is 0 Å². The molecule has 0 bridgehead atoms. The van der Waals surface area contributed by atoms with E-state index in [1.54, 1.807) is 31.2 Å². The van der Waals surface area contributed by atoms with Gasteiger partial charge in [-0.15, -0.1) is 11.6 Å². The second-order valence-electron chi connectivity index (χ2n) is 6.17. The van der Waals surface area contributed by atoms with E-state index < -0.39 is 35.9 Å². The van der Waals surface area contributed by atoms with E-state index in [9.17, 15) is 9.90 Å². The molecule has 1 aliphatic rings. The zero-order chi connectivity index (χ0) is 18.5. The Bertz CT molecular complexity index is 709. The molecule has 1 N–H and O–H groups in total. The van der Waals surface area contributed by atoms with Crippen LogP contribution in [0.3, 0.4) is 0 Å². The monoisotopic (exact) mass is 376 g/mol. The summed E-state index contributed by atoms with van der Waals surface area (Å²) in [5.74, 6) is -0.518. The van der Waals surface area contributed by atoms with Crippen molar-refractivity contribution in [1.29, 1.82) is 0 Å². The topological polar surface area (TPSA) is 65.0 Å². The number of hydrogen-bond donors (Lipinski definition) is 1. The molecule has 0 aliphatic carbocycles. The van der Waals surface area contributed by atoms with E-state index in [1.807, 2.05) is 36.4 Å². The van der Waals surface area contributed by atoms with E-state index in [4.69, 9.17) is 25.8 Å². The zero-order valence-corrected chi connectivity index (χ0v) is 15.1. The molecule has 0 amide bonds. The van der Waals surface area contributed by atoms with Crippen molar-refractivity contribution in [2.45, 2.75) is 43.5 Å². The molecule has 138 valence electrons. The van der Waals surface area contributed by atoms with Gasteiger partial charge in [0.05, 0.1) is 18.3 Å². The van der Waals surface area contributed by atoms with Gasteiger partial charge in [0.25, 0.3) is 0 Å². The Morgan fingerprint density at radius 1 is 1.08 bits per heavy atom. The normalized spacial score (nSPS) is 28.5. The lowest BCUT2D eigenvalue weighted by molar-refractivity contribution is -0.236. The van der Waals surface area contributed by atoms with Gasteiger partial charge < -0.3 is 19.3 Å². The van der Waals surface area contributed by atoms with Gasteiger partial charge in [0.2, 0.25) is 0 Å². The van der Waals surface area contributed by atoms with E-state index in [0.29, 0.717) is 12.2 Å². The van der Waals surface area contributed by atoms with E-state index in [0.717, 1.165) is 5.56 Å². The number of aliphatic hydroxyl groups is 1. The zero-order valence-electron chi connectivity index (χ0n) is 14.3. The van der Waals surface area contributed by atoms with Crippen LogP contribution < -0.4 is 0 Å². The van der Waals surface area contributed by atoms with E-state index >= 15 is 0 Å². The second-order valence-corrected chi connectivity index (χ2v) is 6.68. The summed E-state index contributed by atoms with van der Waals surface area (Å²) in [6, 6.07) is 18.3. The van der Waals surface area contributed by atoms with Gasteiger partial charge in [-0.05, 0) is 24.6 Å². The summed E-state index contributed by atoms with van der Waals surface area (Å²) < 4.78 is 17.0. The minimum Gasteiger partial charge on any atom is -0.454 e. The summed E-state index contributed by atoms with van der Waals surface area (Å²) in [7, 11) is 0. The van der Waals surface area contributed by atoms with Crippen molar-refractivity contribution in [2.75, 3.05) is 0 Å². The predicted octanol–water partition coefficient (Wildman–Crippen LogP) is 3.14. The first-order valence-electron chi connectivity index (χ1n) is 8.45. The summed E-state index contributed by atoms with van der Waals surface area (Å²) >= 11 is 6.27. The fourth-order valence-electron chi connectivity index (χ4n) is 2.88. The number of esters is 1. The largest absolute Gasteiger partial charge is 0.454 e. The third-order valence-electron chi connectivity index (χ3n) is 4.26. The number of ether oxygens (including phenoxy) is 3. The van der Waals surface area contributed by atoms with Gasteiger partial charge in [-0.3, -0.25) is 0 Å². The number of carbonyl (C=O) groups is 1. The number of rotatable bonds is 5. The fraction of sp³-hybridized carbons (Fsp3) is 0.350. The summed E-state index contributed by atoms with van der Waals surface area (Å²) in [4.78, 5) is 12.4. The first kappa shape index (κ1) is 18.9. The Morgan fingerprint density at radius 3 is 2.35 bits per heavy atom. The molecule has 2 aromatic rings.